The molecule has 25 heavy (non-hydrogen) atoms. The summed E-state index contributed by atoms with van der Waals surface area (Å²) in [6, 6.07) is 10.5. The van der Waals surface area contributed by atoms with E-state index in [2.05, 4.69) is 4.74 Å². The number of carbonyl (C=O) groups is 2. The summed E-state index contributed by atoms with van der Waals surface area (Å²) in [4.78, 5) is 23.8. The number of hydrogen-bond acceptors (Lipinski definition) is 7. The van der Waals surface area contributed by atoms with Crippen molar-refractivity contribution in [3.8, 4) is 0 Å². The van der Waals surface area contributed by atoms with Crippen LogP contribution in [-0.4, -0.2) is 41.3 Å². The van der Waals surface area contributed by atoms with Crippen molar-refractivity contribution in [1.29, 1.82) is 0 Å². The molecule has 0 aliphatic heterocycles. The van der Waals surface area contributed by atoms with Crippen molar-refractivity contribution in [2.45, 2.75) is 9.79 Å². The van der Waals surface area contributed by atoms with Gasteiger partial charge in [0.1, 0.15) is 0 Å². The van der Waals surface area contributed by atoms with Crippen molar-refractivity contribution in [3.63, 3.8) is 0 Å². The lowest BCUT2D eigenvalue weighted by Gasteiger charge is -2.09. The highest BCUT2D eigenvalue weighted by Gasteiger charge is 2.25. The van der Waals surface area contributed by atoms with E-state index in [0.717, 1.165) is 12.5 Å². The summed E-state index contributed by atoms with van der Waals surface area (Å²) >= 11 is 0. The smallest absolute Gasteiger partial charge is 0.347 e. The highest BCUT2D eigenvalue weighted by molar-refractivity contribution is 7.91. The first-order valence-corrected chi connectivity index (χ1v) is 10.6. The van der Waals surface area contributed by atoms with E-state index < -0.39 is 31.6 Å². The first kappa shape index (κ1) is 18.8. The van der Waals surface area contributed by atoms with Gasteiger partial charge in [-0.25, -0.2) is 26.4 Å². The van der Waals surface area contributed by atoms with Gasteiger partial charge in [0.2, 0.25) is 0 Å². The number of benzene rings is 2. The zero-order valence-electron chi connectivity index (χ0n) is 13.3. The highest BCUT2D eigenvalue weighted by atomic mass is 32.2. The number of rotatable bonds is 4. The Morgan fingerprint density at radius 2 is 1.00 bits per heavy atom. The van der Waals surface area contributed by atoms with Crippen LogP contribution in [-0.2, 0) is 24.4 Å². The van der Waals surface area contributed by atoms with Crippen LogP contribution in [0.5, 0.6) is 0 Å². The number of esters is 2. The van der Waals surface area contributed by atoms with Gasteiger partial charge in [-0.15, -0.1) is 0 Å². The predicted molar refractivity (Wildman–Crippen MR) is 88.8 cm³/mol. The molecule has 0 aromatic heterocycles. The third-order valence-corrected chi connectivity index (χ3v) is 5.51. The van der Waals surface area contributed by atoms with E-state index in [1.165, 1.54) is 48.5 Å². The summed E-state index contributed by atoms with van der Waals surface area (Å²) in [5.74, 6) is -2.37. The topological polar surface area (TPSA) is 112 Å². The van der Waals surface area contributed by atoms with E-state index in [1.54, 1.807) is 0 Å². The zero-order chi connectivity index (χ0) is 18.8. The van der Waals surface area contributed by atoms with Crippen molar-refractivity contribution in [2.24, 2.45) is 0 Å². The molecule has 0 N–H and O–H groups in total. The maximum Gasteiger partial charge on any atom is 0.347 e. The lowest BCUT2D eigenvalue weighted by molar-refractivity contribution is 0.0392. The molecule has 2 aromatic carbocycles. The van der Waals surface area contributed by atoms with Crippen molar-refractivity contribution in [1.82, 2.24) is 0 Å². The minimum absolute atomic E-state index is 0.288. The van der Waals surface area contributed by atoms with Crippen LogP contribution in [0.2, 0.25) is 0 Å². The van der Waals surface area contributed by atoms with Gasteiger partial charge in [-0.05, 0) is 24.3 Å². The summed E-state index contributed by atoms with van der Waals surface area (Å²) in [6.07, 6.45) is 1.83. The summed E-state index contributed by atoms with van der Waals surface area (Å²) in [7, 11) is -7.44. The van der Waals surface area contributed by atoms with Crippen molar-refractivity contribution in [3.05, 3.63) is 59.7 Å². The Balaban J connectivity index is 2.40. The van der Waals surface area contributed by atoms with Crippen LogP contribution in [0.3, 0.4) is 0 Å². The Bertz CT molecular complexity index is 966. The van der Waals surface area contributed by atoms with Crippen LogP contribution >= 0.6 is 0 Å². The molecule has 0 atom stereocenters. The maximum atomic E-state index is 12.2. The molecule has 0 unspecified atom stereocenters. The van der Waals surface area contributed by atoms with Gasteiger partial charge < -0.3 is 4.74 Å². The molecule has 132 valence electrons. The summed E-state index contributed by atoms with van der Waals surface area (Å²) in [5.41, 5.74) is -0.620. The van der Waals surface area contributed by atoms with Crippen molar-refractivity contribution < 1.29 is 31.2 Å². The Hall–Kier alpha value is -2.52. The fourth-order valence-corrected chi connectivity index (χ4v) is 3.86. The molecule has 0 saturated carbocycles. The Morgan fingerprint density at radius 1 is 0.680 bits per heavy atom. The van der Waals surface area contributed by atoms with Crippen molar-refractivity contribution in [2.75, 3.05) is 12.5 Å². The van der Waals surface area contributed by atoms with Crippen molar-refractivity contribution >= 4 is 31.6 Å². The highest BCUT2D eigenvalue weighted by Crippen LogP contribution is 2.19. The molecular weight excluding hydrogens is 368 g/mol. The van der Waals surface area contributed by atoms with Gasteiger partial charge >= 0.3 is 11.9 Å². The van der Waals surface area contributed by atoms with Crippen LogP contribution in [0.15, 0.2) is 58.3 Å². The van der Waals surface area contributed by atoms with Gasteiger partial charge in [0, 0.05) is 12.5 Å². The molecule has 9 heteroatoms. The van der Waals surface area contributed by atoms with Gasteiger partial charge in [0.15, 0.2) is 19.7 Å². The monoisotopic (exact) mass is 382 g/mol. The Kier molecular flexibility index (Phi) is 5.09. The van der Waals surface area contributed by atoms with E-state index >= 15 is 0 Å². The molecule has 0 fully saturated rings. The normalized spacial score (nSPS) is 11.8. The summed E-state index contributed by atoms with van der Waals surface area (Å²) in [6.45, 7) is 0. The molecule has 0 aliphatic rings. The molecule has 2 aromatic rings. The quantitative estimate of drug-likeness (QED) is 0.582. The molecule has 7 nitrogen and oxygen atoms in total. The van der Waals surface area contributed by atoms with Gasteiger partial charge in [-0.3, -0.25) is 0 Å². The molecule has 0 radical (unpaired) electrons. The largest absolute Gasteiger partial charge is 0.386 e. The lowest BCUT2D eigenvalue weighted by Crippen LogP contribution is -2.17. The number of carbonyl (C=O) groups excluding carboxylic acids is 2. The van der Waals surface area contributed by atoms with Crippen LogP contribution in [0.4, 0.5) is 0 Å². The van der Waals surface area contributed by atoms with Gasteiger partial charge in [-0.1, -0.05) is 24.3 Å². The SMILES string of the molecule is CS(=O)(=O)c1ccccc1C(=O)OC(=O)c1ccccc1S(C)(=O)=O. The Labute approximate surface area is 145 Å². The lowest BCUT2D eigenvalue weighted by atomic mass is 10.2. The van der Waals surface area contributed by atoms with E-state index in [0.29, 0.717) is 0 Å². The predicted octanol–water partition coefficient (Wildman–Crippen LogP) is 1.49. The van der Waals surface area contributed by atoms with Crippen LogP contribution in [0.1, 0.15) is 20.7 Å². The standard InChI is InChI=1S/C16H14O7S2/c1-24(19,20)13-9-5-3-7-11(13)15(17)23-16(18)12-8-4-6-10-14(12)25(2,21)22/h3-10H,1-2H3. The third-order valence-electron chi connectivity index (χ3n) is 3.20. The minimum Gasteiger partial charge on any atom is -0.386 e. The second-order valence-corrected chi connectivity index (χ2v) is 9.18. The third kappa shape index (κ3) is 4.31. The number of sulfone groups is 2. The number of ether oxygens (including phenoxy) is 1. The molecule has 0 aliphatic carbocycles. The van der Waals surface area contributed by atoms with Crippen LogP contribution < -0.4 is 0 Å². The summed E-state index contributed by atoms with van der Waals surface area (Å²) in [5, 5.41) is 0. The molecule has 0 amide bonds. The molecular formula is C16H14O7S2. The average molecular weight is 382 g/mol. The average Bonchev–Trinajstić information content (AvgIpc) is 2.53. The van der Waals surface area contributed by atoms with E-state index in [1.807, 2.05) is 0 Å². The second kappa shape index (κ2) is 6.77. The van der Waals surface area contributed by atoms with Crippen LogP contribution in [0, 0.1) is 0 Å². The molecule has 0 saturated heterocycles. The van der Waals surface area contributed by atoms with Crippen LogP contribution in [0.25, 0.3) is 0 Å². The fraction of sp³-hybridized carbons (Fsp3) is 0.125. The second-order valence-electron chi connectivity index (χ2n) is 5.21. The molecule has 2 rings (SSSR count). The first-order chi connectivity index (χ1) is 11.5. The molecule has 0 bridgehead atoms. The zero-order valence-corrected chi connectivity index (χ0v) is 14.9. The first-order valence-electron chi connectivity index (χ1n) is 6.86. The van der Waals surface area contributed by atoms with Gasteiger partial charge in [0.05, 0.1) is 20.9 Å². The van der Waals surface area contributed by atoms with E-state index in [4.69, 9.17) is 0 Å². The fourth-order valence-electron chi connectivity index (χ4n) is 2.11. The van der Waals surface area contributed by atoms with Gasteiger partial charge in [0.25, 0.3) is 0 Å². The maximum absolute atomic E-state index is 12.2. The Morgan fingerprint density at radius 3 is 1.32 bits per heavy atom. The molecule has 0 spiro atoms. The van der Waals surface area contributed by atoms with Gasteiger partial charge in [-0.2, -0.15) is 0 Å². The van der Waals surface area contributed by atoms with E-state index in [-0.39, 0.29) is 20.9 Å². The molecule has 0 heterocycles. The number of hydrogen-bond donors (Lipinski definition) is 0. The minimum atomic E-state index is -3.72. The van der Waals surface area contributed by atoms with E-state index in [9.17, 15) is 26.4 Å². The summed E-state index contributed by atoms with van der Waals surface area (Å²) < 4.78 is 51.6.